The Morgan fingerprint density at radius 1 is 0.778 bits per heavy atom. The summed E-state index contributed by atoms with van der Waals surface area (Å²) >= 11 is 0. The highest BCUT2D eigenvalue weighted by molar-refractivity contribution is 5.86. The van der Waals surface area contributed by atoms with Gasteiger partial charge in [-0.15, -0.1) is 0 Å². The molecule has 0 spiro atoms. The number of aryl methyl sites for hydroxylation is 2. The molecule has 3 heterocycles. The van der Waals surface area contributed by atoms with E-state index in [1.54, 1.807) is 0 Å². The molecule has 0 bridgehead atoms. The zero-order chi connectivity index (χ0) is 18.5. The maximum atomic E-state index is 6.18. The molecule has 0 aliphatic rings. The van der Waals surface area contributed by atoms with Gasteiger partial charge in [-0.3, -0.25) is 0 Å². The molecule has 0 fully saturated rings. The van der Waals surface area contributed by atoms with Crippen molar-refractivity contribution >= 4 is 22.0 Å². The minimum atomic E-state index is 0.847. The third-order valence-electron chi connectivity index (χ3n) is 5.40. The van der Waals surface area contributed by atoms with Crippen molar-refractivity contribution in [2.45, 2.75) is 0 Å². The van der Waals surface area contributed by atoms with Gasteiger partial charge >= 0.3 is 11.6 Å². The van der Waals surface area contributed by atoms with Crippen molar-refractivity contribution in [1.82, 2.24) is 4.57 Å². The van der Waals surface area contributed by atoms with Crippen molar-refractivity contribution in [3.63, 3.8) is 0 Å². The molecule has 5 aromatic rings. The molecule has 0 saturated carbocycles. The van der Waals surface area contributed by atoms with Gasteiger partial charge in [0.2, 0.25) is 11.3 Å². The molecule has 0 radical (unpaired) electrons. The number of aromatic nitrogens is 3. The van der Waals surface area contributed by atoms with E-state index in [9.17, 15) is 0 Å². The van der Waals surface area contributed by atoms with E-state index in [0.717, 1.165) is 28.4 Å². The van der Waals surface area contributed by atoms with Gasteiger partial charge < -0.3 is 8.98 Å². The van der Waals surface area contributed by atoms with Crippen LogP contribution in [0.1, 0.15) is 0 Å². The lowest BCUT2D eigenvalue weighted by atomic mass is 10.2. The fourth-order valence-electron chi connectivity index (χ4n) is 3.92. The lowest BCUT2D eigenvalue weighted by Crippen LogP contribution is -2.39. The Kier molecular flexibility index (Phi) is 3.41. The smallest absolute Gasteiger partial charge is 0.393 e. The van der Waals surface area contributed by atoms with Crippen LogP contribution in [0.2, 0.25) is 0 Å². The predicted molar refractivity (Wildman–Crippen MR) is 106 cm³/mol. The van der Waals surface area contributed by atoms with Crippen molar-refractivity contribution in [3.05, 3.63) is 72.8 Å². The van der Waals surface area contributed by atoms with Crippen LogP contribution in [0.4, 0.5) is 0 Å². The molecule has 0 unspecified atom stereocenters. The Hall–Kier alpha value is -3.40. The first-order valence-corrected chi connectivity index (χ1v) is 9.07. The summed E-state index contributed by atoms with van der Waals surface area (Å²) in [5.74, 6) is 0.847. The average molecular weight is 355 g/mol. The van der Waals surface area contributed by atoms with Crippen LogP contribution in [0, 0.1) is 0 Å². The van der Waals surface area contributed by atoms with E-state index in [2.05, 4.69) is 82.4 Å². The molecule has 4 nitrogen and oxygen atoms in total. The van der Waals surface area contributed by atoms with E-state index < -0.39 is 0 Å². The number of hydrogen-bond donors (Lipinski definition) is 0. The van der Waals surface area contributed by atoms with Crippen molar-refractivity contribution in [1.29, 1.82) is 0 Å². The molecule has 0 aliphatic carbocycles. The lowest BCUT2D eigenvalue weighted by Gasteiger charge is -2.04. The minimum Gasteiger partial charge on any atom is -0.393 e. The van der Waals surface area contributed by atoms with E-state index >= 15 is 0 Å². The van der Waals surface area contributed by atoms with E-state index in [4.69, 9.17) is 4.42 Å². The summed E-state index contributed by atoms with van der Waals surface area (Å²) in [6.07, 6.45) is 0. The Bertz CT molecular complexity index is 1210. The molecule has 0 atom stereocenters. The van der Waals surface area contributed by atoms with E-state index in [1.165, 1.54) is 16.6 Å². The SMILES string of the molecule is Cn1c(-c2cccc(-c3oc4ccccc4[n+]3C)[n+]2C)cc2ccccc21. The summed E-state index contributed by atoms with van der Waals surface area (Å²) in [7, 11) is 6.26. The maximum Gasteiger partial charge on any atom is 0.448 e. The Labute approximate surface area is 157 Å². The highest BCUT2D eigenvalue weighted by atomic mass is 16.4. The van der Waals surface area contributed by atoms with Crippen molar-refractivity contribution in [2.75, 3.05) is 0 Å². The average Bonchev–Trinajstić information content (AvgIpc) is 3.20. The second kappa shape index (κ2) is 5.81. The first kappa shape index (κ1) is 15.8. The number of nitrogens with zero attached hydrogens (tertiary/aromatic N) is 3. The number of fused-ring (bicyclic) bond motifs is 2. The fourth-order valence-corrected chi connectivity index (χ4v) is 3.92. The second-order valence-corrected chi connectivity index (χ2v) is 6.94. The number of oxazole rings is 1. The normalized spacial score (nSPS) is 11.5. The molecular weight excluding hydrogens is 334 g/mol. The molecular formula is C23H21N3O+2. The summed E-state index contributed by atoms with van der Waals surface area (Å²) in [6, 6.07) is 25.2. The standard InChI is InChI=1S/C23H21N3O/c1-24-17-10-5-4-9-16(17)15-21(24)18-12-8-13-20(25(18)2)23-26(3)19-11-6-7-14-22(19)27-23/h4-15H,1-3H3/q+2. The van der Waals surface area contributed by atoms with Gasteiger partial charge in [-0.2, -0.15) is 9.13 Å². The first-order chi connectivity index (χ1) is 13.1. The lowest BCUT2D eigenvalue weighted by molar-refractivity contribution is -0.675. The third-order valence-corrected chi connectivity index (χ3v) is 5.40. The third kappa shape index (κ3) is 2.30. The van der Waals surface area contributed by atoms with Crippen LogP contribution in [-0.2, 0) is 21.1 Å². The number of pyridine rings is 1. The van der Waals surface area contributed by atoms with Gasteiger partial charge in [0.05, 0.1) is 0 Å². The van der Waals surface area contributed by atoms with Crippen LogP contribution in [0.5, 0.6) is 0 Å². The van der Waals surface area contributed by atoms with Crippen molar-refractivity contribution in [3.8, 4) is 23.0 Å². The predicted octanol–water partition coefficient (Wildman–Crippen LogP) is 3.91. The molecule has 27 heavy (non-hydrogen) atoms. The Balaban J connectivity index is 1.74. The summed E-state index contributed by atoms with van der Waals surface area (Å²) in [5.41, 5.74) is 6.57. The van der Waals surface area contributed by atoms with Crippen molar-refractivity contribution < 1.29 is 13.6 Å². The van der Waals surface area contributed by atoms with Crippen LogP contribution in [0.3, 0.4) is 0 Å². The highest BCUT2D eigenvalue weighted by Gasteiger charge is 2.30. The maximum absolute atomic E-state index is 6.18. The molecule has 0 aliphatic heterocycles. The Morgan fingerprint density at radius 2 is 1.52 bits per heavy atom. The molecule has 2 aromatic carbocycles. The largest absolute Gasteiger partial charge is 0.448 e. The van der Waals surface area contributed by atoms with Gasteiger partial charge in [-0.05, 0) is 24.3 Å². The molecule has 4 heteroatoms. The van der Waals surface area contributed by atoms with Crippen LogP contribution in [-0.4, -0.2) is 4.57 Å². The summed E-state index contributed by atoms with van der Waals surface area (Å²) in [5, 5.41) is 1.25. The molecule has 0 N–H and O–H groups in total. The zero-order valence-electron chi connectivity index (χ0n) is 15.7. The summed E-state index contributed by atoms with van der Waals surface area (Å²) in [6.45, 7) is 0. The van der Waals surface area contributed by atoms with E-state index in [1.807, 2.05) is 25.2 Å². The van der Waals surface area contributed by atoms with Gasteiger partial charge in [0.25, 0.3) is 5.52 Å². The quantitative estimate of drug-likeness (QED) is 0.441. The van der Waals surface area contributed by atoms with Gasteiger partial charge in [0.15, 0.2) is 0 Å². The molecule has 3 aromatic heterocycles. The van der Waals surface area contributed by atoms with Gasteiger partial charge in [-0.1, -0.05) is 30.3 Å². The summed E-state index contributed by atoms with van der Waals surface area (Å²) < 4.78 is 12.7. The minimum absolute atomic E-state index is 0.847. The Morgan fingerprint density at radius 3 is 2.33 bits per heavy atom. The second-order valence-electron chi connectivity index (χ2n) is 6.94. The van der Waals surface area contributed by atoms with Crippen LogP contribution in [0.15, 0.2) is 77.2 Å². The fraction of sp³-hybridized carbons (Fsp3) is 0.130. The number of hydrogen-bond acceptors (Lipinski definition) is 1. The first-order valence-electron chi connectivity index (χ1n) is 9.07. The van der Waals surface area contributed by atoms with Gasteiger partial charge in [0, 0.05) is 36.1 Å². The summed E-state index contributed by atoms with van der Waals surface area (Å²) in [4.78, 5) is 0. The molecule has 0 amide bonds. The van der Waals surface area contributed by atoms with E-state index in [0.29, 0.717) is 0 Å². The zero-order valence-corrected chi connectivity index (χ0v) is 15.7. The number of benzene rings is 2. The monoisotopic (exact) mass is 355 g/mol. The van der Waals surface area contributed by atoms with Crippen LogP contribution in [0.25, 0.3) is 45.0 Å². The number of rotatable bonds is 2. The van der Waals surface area contributed by atoms with Gasteiger partial charge in [0.1, 0.15) is 19.8 Å². The topological polar surface area (TPSA) is 25.8 Å². The molecule has 5 rings (SSSR count). The molecule has 0 saturated heterocycles. The highest BCUT2D eigenvalue weighted by Crippen LogP contribution is 2.27. The van der Waals surface area contributed by atoms with E-state index in [-0.39, 0.29) is 0 Å². The van der Waals surface area contributed by atoms with Crippen LogP contribution >= 0.6 is 0 Å². The van der Waals surface area contributed by atoms with Crippen LogP contribution < -0.4 is 9.13 Å². The number of para-hydroxylation sites is 3. The molecule has 132 valence electrons. The van der Waals surface area contributed by atoms with Crippen molar-refractivity contribution in [2.24, 2.45) is 21.1 Å². The van der Waals surface area contributed by atoms with Gasteiger partial charge in [-0.25, -0.2) is 0 Å².